The van der Waals surface area contributed by atoms with E-state index < -0.39 is 0 Å². The average Bonchev–Trinajstić information content (AvgIpc) is 2.18. The van der Waals surface area contributed by atoms with Gasteiger partial charge in [0.05, 0.1) is 12.1 Å². The SMILES string of the molecule is [C-]#[N+]c1ccc(/C(C(C)=O)=C(/C)O)cc1. The molecule has 0 unspecified atom stereocenters. The molecule has 0 saturated heterocycles. The highest BCUT2D eigenvalue weighted by Gasteiger charge is 2.10. The van der Waals surface area contributed by atoms with Crippen LogP contribution in [0.15, 0.2) is 30.0 Å². The largest absolute Gasteiger partial charge is 0.512 e. The Kier molecular flexibility index (Phi) is 3.25. The van der Waals surface area contributed by atoms with Crippen molar-refractivity contribution in [2.45, 2.75) is 13.8 Å². The molecule has 0 aromatic heterocycles. The summed E-state index contributed by atoms with van der Waals surface area (Å²) in [5.74, 6) is -0.191. The van der Waals surface area contributed by atoms with Crippen molar-refractivity contribution < 1.29 is 9.90 Å². The molecule has 0 fully saturated rings. The molecule has 0 bridgehead atoms. The van der Waals surface area contributed by atoms with E-state index in [4.69, 9.17) is 6.57 Å². The van der Waals surface area contributed by atoms with Crippen LogP contribution in [0.2, 0.25) is 0 Å². The number of benzene rings is 1. The highest BCUT2D eigenvalue weighted by molar-refractivity contribution is 6.20. The predicted octanol–water partition coefficient (Wildman–Crippen LogP) is 3.12. The van der Waals surface area contributed by atoms with Crippen LogP contribution >= 0.6 is 0 Å². The molecule has 0 aliphatic rings. The van der Waals surface area contributed by atoms with Crippen molar-refractivity contribution in [2.75, 3.05) is 0 Å². The fourth-order valence-electron chi connectivity index (χ4n) is 1.37. The van der Waals surface area contributed by atoms with Gasteiger partial charge in [-0.25, -0.2) is 4.85 Å². The molecule has 0 saturated carbocycles. The third-order valence-corrected chi connectivity index (χ3v) is 2.00. The second-order valence-corrected chi connectivity index (χ2v) is 3.18. The van der Waals surface area contributed by atoms with Crippen molar-refractivity contribution in [3.05, 3.63) is 47.0 Å². The molecular formula is C12H11NO2. The lowest BCUT2D eigenvalue weighted by Gasteiger charge is -2.05. The molecule has 3 heteroatoms. The maximum absolute atomic E-state index is 11.3. The van der Waals surface area contributed by atoms with Gasteiger partial charge in [-0.3, -0.25) is 4.79 Å². The molecule has 0 amide bonds. The number of rotatable bonds is 2. The van der Waals surface area contributed by atoms with Gasteiger partial charge in [0.25, 0.3) is 0 Å². The van der Waals surface area contributed by atoms with Crippen molar-refractivity contribution in [3.8, 4) is 0 Å². The minimum absolute atomic E-state index is 0.00179. The van der Waals surface area contributed by atoms with E-state index in [0.29, 0.717) is 16.8 Å². The van der Waals surface area contributed by atoms with Crippen LogP contribution in [0.3, 0.4) is 0 Å². The second-order valence-electron chi connectivity index (χ2n) is 3.18. The zero-order valence-electron chi connectivity index (χ0n) is 8.61. The van der Waals surface area contributed by atoms with Crippen LogP contribution in [0.1, 0.15) is 19.4 Å². The van der Waals surface area contributed by atoms with Crippen molar-refractivity contribution >= 4 is 17.0 Å². The number of allylic oxidation sites excluding steroid dienone is 2. The van der Waals surface area contributed by atoms with E-state index >= 15 is 0 Å². The van der Waals surface area contributed by atoms with Crippen molar-refractivity contribution in [3.63, 3.8) is 0 Å². The van der Waals surface area contributed by atoms with Crippen LogP contribution in [0.25, 0.3) is 10.4 Å². The van der Waals surface area contributed by atoms with Gasteiger partial charge in [0.1, 0.15) is 5.76 Å². The number of ketones is 1. The number of hydrogen-bond donors (Lipinski definition) is 1. The van der Waals surface area contributed by atoms with Crippen LogP contribution in [-0.4, -0.2) is 10.9 Å². The van der Waals surface area contributed by atoms with E-state index in [1.54, 1.807) is 24.3 Å². The minimum Gasteiger partial charge on any atom is -0.512 e. The normalized spacial score (nSPS) is 11.5. The first-order valence-electron chi connectivity index (χ1n) is 4.45. The van der Waals surface area contributed by atoms with E-state index in [0.717, 1.165) is 0 Å². The van der Waals surface area contributed by atoms with Crippen molar-refractivity contribution in [1.82, 2.24) is 0 Å². The molecule has 1 rings (SSSR count). The summed E-state index contributed by atoms with van der Waals surface area (Å²) in [5, 5.41) is 9.36. The molecule has 76 valence electrons. The first-order chi connectivity index (χ1) is 7.06. The van der Waals surface area contributed by atoms with Gasteiger partial charge in [-0.1, -0.05) is 24.3 Å². The van der Waals surface area contributed by atoms with Gasteiger partial charge in [-0.05, 0) is 19.4 Å². The molecular weight excluding hydrogens is 190 g/mol. The Morgan fingerprint density at radius 2 is 1.80 bits per heavy atom. The Bertz CT molecular complexity index is 446. The van der Waals surface area contributed by atoms with Crippen LogP contribution in [-0.2, 0) is 4.79 Å². The minimum atomic E-state index is -0.189. The third kappa shape index (κ3) is 2.44. The van der Waals surface area contributed by atoms with Crippen molar-refractivity contribution in [1.29, 1.82) is 0 Å². The molecule has 15 heavy (non-hydrogen) atoms. The molecule has 0 aliphatic carbocycles. The average molecular weight is 201 g/mol. The fraction of sp³-hybridized carbons (Fsp3) is 0.167. The van der Waals surface area contributed by atoms with Crippen LogP contribution < -0.4 is 0 Å². The number of carbonyl (C=O) groups excluding carboxylic acids is 1. The van der Waals surface area contributed by atoms with Gasteiger partial charge in [0.2, 0.25) is 0 Å². The summed E-state index contributed by atoms with van der Waals surface area (Å²) in [6, 6.07) is 6.55. The van der Waals surface area contributed by atoms with Gasteiger partial charge < -0.3 is 5.11 Å². The van der Waals surface area contributed by atoms with E-state index in [9.17, 15) is 9.90 Å². The van der Waals surface area contributed by atoms with Gasteiger partial charge in [0.15, 0.2) is 11.5 Å². The lowest BCUT2D eigenvalue weighted by Crippen LogP contribution is -1.98. The first kappa shape index (κ1) is 11.0. The molecule has 1 N–H and O–H groups in total. The van der Waals surface area contributed by atoms with Crippen LogP contribution in [0, 0.1) is 6.57 Å². The molecule has 0 spiro atoms. The lowest BCUT2D eigenvalue weighted by atomic mass is 10.0. The number of nitrogens with zero attached hydrogens (tertiary/aromatic N) is 1. The van der Waals surface area contributed by atoms with Gasteiger partial charge >= 0.3 is 0 Å². The lowest BCUT2D eigenvalue weighted by molar-refractivity contribution is -0.111. The summed E-state index contributed by atoms with van der Waals surface area (Å²) in [6.45, 7) is 9.66. The molecule has 0 atom stereocenters. The summed E-state index contributed by atoms with van der Waals surface area (Å²) in [4.78, 5) is 14.5. The Balaban J connectivity index is 3.22. The Labute approximate surface area is 88.5 Å². The van der Waals surface area contributed by atoms with Crippen LogP contribution in [0.4, 0.5) is 5.69 Å². The standard InChI is InChI=1S/C12H11NO2/c1-8(14)12(9(2)15)10-4-6-11(13-3)7-5-10/h4-7,14H,1-2H3/b12-8-. The molecule has 0 heterocycles. The number of aliphatic hydroxyl groups is 1. The summed E-state index contributed by atoms with van der Waals surface area (Å²) in [6.07, 6.45) is 0. The Morgan fingerprint density at radius 1 is 1.27 bits per heavy atom. The monoisotopic (exact) mass is 201 g/mol. The first-order valence-corrected chi connectivity index (χ1v) is 4.45. The smallest absolute Gasteiger partial charge is 0.187 e. The fourth-order valence-corrected chi connectivity index (χ4v) is 1.37. The van der Waals surface area contributed by atoms with E-state index in [1.165, 1.54) is 13.8 Å². The summed E-state index contributed by atoms with van der Waals surface area (Å²) in [7, 11) is 0. The van der Waals surface area contributed by atoms with Gasteiger partial charge in [0, 0.05) is 0 Å². The summed E-state index contributed by atoms with van der Waals surface area (Å²) >= 11 is 0. The van der Waals surface area contributed by atoms with Gasteiger partial charge in [-0.2, -0.15) is 0 Å². The topological polar surface area (TPSA) is 41.7 Å². The highest BCUT2D eigenvalue weighted by Crippen LogP contribution is 2.21. The van der Waals surface area contributed by atoms with E-state index in [2.05, 4.69) is 4.85 Å². The van der Waals surface area contributed by atoms with E-state index in [-0.39, 0.29) is 11.5 Å². The molecule has 0 radical (unpaired) electrons. The predicted molar refractivity (Wildman–Crippen MR) is 58.6 cm³/mol. The summed E-state index contributed by atoms with van der Waals surface area (Å²) < 4.78 is 0. The van der Waals surface area contributed by atoms with Crippen molar-refractivity contribution in [2.24, 2.45) is 0 Å². The number of Topliss-reactive ketones (excluding diaryl/α,β-unsaturated/α-hetero) is 1. The van der Waals surface area contributed by atoms with Gasteiger partial charge in [-0.15, -0.1) is 0 Å². The number of hydrogen-bond acceptors (Lipinski definition) is 2. The Morgan fingerprint density at radius 3 is 2.13 bits per heavy atom. The molecule has 3 nitrogen and oxygen atoms in total. The number of carbonyl (C=O) groups is 1. The summed E-state index contributed by atoms with van der Waals surface area (Å²) in [5.41, 5.74) is 1.44. The van der Waals surface area contributed by atoms with Crippen LogP contribution in [0.5, 0.6) is 0 Å². The molecule has 1 aromatic carbocycles. The maximum atomic E-state index is 11.3. The quantitative estimate of drug-likeness (QED) is 0.453. The van der Waals surface area contributed by atoms with E-state index in [1.807, 2.05) is 0 Å². The second kappa shape index (κ2) is 4.43. The molecule has 1 aromatic rings. The number of aliphatic hydroxyl groups excluding tert-OH is 1. The zero-order chi connectivity index (χ0) is 11.4. The third-order valence-electron chi connectivity index (χ3n) is 2.00. The maximum Gasteiger partial charge on any atom is 0.187 e. The zero-order valence-corrected chi connectivity index (χ0v) is 8.61. The Hall–Kier alpha value is -2.08. The molecule has 0 aliphatic heterocycles. The highest BCUT2D eigenvalue weighted by atomic mass is 16.3.